The van der Waals surface area contributed by atoms with Crippen molar-refractivity contribution >= 4 is 15.9 Å². The SMILES string of the molecule is Cc1cc(C)c(S(=O)(=O)NC(Cc2ccccc2)C(=O)NCCCN2CCOCC2)c(C)c1. The van der Waals surface area contributed by atoms with Crippen LogP contribution in [0.15, 0.2) is 47.4 Å². The number of amides is 1. The van der Waals surface area contributed by atoms with Gasteiger partial charge in [-0.15, -0.1) is 0 Å². The zero-order valence-electron chi connectivity index (χ0n) is 19.8. The molecule has 1 saturated heterocycles. The van der Waals surface area contributed by atoms with Crippen LogP contribution in [0.3, 0.4) is 0 Å². The van der Waals surface area contributed by atoms with Gasteiger partial charge in [0.05, 0.1) is 18.1 Å². The van der Waals surface area contributed by atoms with Gasteiger partial charge in [0.15, 0.2) is 0 Å². The number of nitrogens with one attached hydrogen (secondary N) is 2. The summed E-state index contributed by atoms with van der Waals surface area (Å²) in [6.07, 6.45) is 1.08. The fourth-order valence-corrected chi connectivity index (χ4v) is 5.99. The molecular weight excluding hydrogens is 438 g/mol. The largest absolute Gasteiger partial charge is 0.379 e. The van der Waals surface area contributed by atoms with Crippen molar-refractivity contribution in [2.45, 2.75) is 44.6 Å². The van der Waals surface area contributed by atoms with Gasteiger partial charge < -0.3 is 10.1 Å². The van der Waals surface area contributed by atoms with Crippen molar-refractivity contribution < 1.29 is 17.9 Å². The van der Waals surface area contributed by atoms with E-state index in [2.05, 4.69) is 14.9 Å². The number of nitrogens with zero attached hydrogens (tertiary/aromatic N) is 1. The molecule has 1 fully saturated rings. The maximum absolute atomic E-state index is 13.3. The normalized spacial score (nSPS) is 15.8. The van der Waals surface area contributed by atoms with Gasteiger partial charge in [-0.25, -0.2) is 8.42 Å². The highest BCUT2D eigenvalue weighted by Crippen LogP contribution is 2.22. The molecule has 2 aromatic rings. The van der Waals surface area contributed by atoms with Gasteiger partial charge in [-0.3, -0.25) is 9.69 Å². The number of aryl methyl sites for hydroxylation is 3. The number of hydrogen-bond acceptors (Lipinski definition) is 5. The lowest BCUT2D eigenvalue weighted by Gasteiger charge is -2.26. The molecule has 2 N–H and O–H groups in total. The molecule has 0 saturated carbocycles. The van der Waals surface area contributed by atoms with E-state index in [1.807, 2.05) is 49.4 Å². The number of ether oxygens (including phenoxy) is 1. The molecule has 1 atom stereocenters. The molecule has 2 aromatic carbocycles. The molecule has 7 nitrogen and oxygen atoms in total. The van der Waals surface area contributed by atoms with Gasteiger partial charge in [0, 0.05) is 19.6 Å². The molecule has 0 spiro atoms. The molecule has 33 heavy (non-hydrogen) atoms. The number of sulfonamides is 1. The number of carbonyl (C=O) groups excluding carboxylic acids is 1. The van der Waals surface area contributed by atoms with Crippen molar-refractivity contribution in [3.8, 4) is 0 Å². The Bertz CT molecular complexity index is 1010. The summed E-state index contributed by atoms with van der Waals surface area (Å²) in [5.74, 6) is -0.313. The van der Waals surface area contributed by atoms with E-state index < -0.39 is 16.1 Å². The summed E-state index contributed by atoms with van der Waals surface area (Å²) >= 11 is 0. The summed E-state index contributed by atoms with van der Waals surface area (Å²) in [5.41, 5.74) is 3.24. The van der Waals surface area contributed by atoms with Crippen LogP contribution in [0.25, 0.3) is 0 Å². The van der Waals surface area contributed by atoms with Crippen molar-refractivity contribution in [1.82, 2.24) is 14.9 Å². The lowest BCUT2D eigenvalue weighted by molar-refractivity contribution is -0.122. The molecule has 0 radical (unpaired) electrons. The molecule has 0 aromatic heterocycles. The monoisotopic (exact) mass is 473 g/mol. The summed E-state index contributed by atoms with van der Waals surface area (Å²) in [6.45, 7) is 10.2. The van der Waals surface area contributed by atoms with Crippen LogP contribution >= 0.6 is 0 Å². The number of hydrogen-bond donors (Lipinski definition) is 2. The third-order valence-electron chi connectivity index (χ3n) is 5.82. The molecule has 0 bridgehead atoms. The predicted octanol–water partition coefficient (Wildman–Crippen LogP) is 2.34. The Morgan fingerprint density at radius 2 is 1.70 bits per heavy atom. The fourth-order valence-electron chi connectivity index (χ4n) is 4.34. The zero-order chi connectivity index (χ0) is 23.8. The molecule has 1 amide bonds. The van der Waals surface area contributed by atoms with E-state index in [4.69, 9.17) is 4.74 Å². The molecule has 1 heterocycles. The van der Waals surface area contributed by atoms with E-state index in [1.54, 1.807) is 13.8 Å². The third-order valence-corrected chi connectivity index (χ3v) is 7.60. The van der Waals surface area contributed by atoms with Gasteiger partial charge in [-0.05, 0) is 56.8 Å². The summed E-state index contributed by atoms with van der Waals surface area (Å²) in [6, 6.07) is 12.3. The van der Waals surface area contributed by atoms with Crippen LogP contribution in [0.1, 0.15) is 28.7 Å². The Hall–Kier alpha value is -2.26. The second-order valence-electron chi connectivity index (χ2n) is 8.69. The van der Waals surface area contributed by atoms with Crippen molar-refractivity contribution in [3.05, 3.63) is 64.7 Å². The minimum absolute atomic E-state index is 0.242. The summed E-state index contributed by atoms with van der Waals surface area (Å²) in [7, 11) is -3.88. The van der Waals surface area contributed by atoms with Gasteiger partial charge in [0.1, 0.15) is 6.04 Å². The topological polar surface area (TPSA) is 87.7 Å². The van der Waals surface area contributed by atoms with Gasteiger partial charge in [0.2, 0.25) is 15.9 Å². The van der Waals surface area contributed by atoms with Crippen LogP contribution in [0, 0.1) is 20.8 Å². The van der Waals surface area contributed by atoms with Crippen LogP contribution in [0.5, 0.6) is 0 Å². The van der Waals surface area contributed by atoms with Crippen LogP contribution < -0.4 is 10.0 Å². The quantitative estimate of drug-likeness (QED) is 0.517. The Morgan fingerprint density at radius 1 is 1.06 bits per heavy atom. The first-order valence-electron chi connectivity index (χ1n) is 11.5. The van der Waals surface area contributed by atoms with E-state index in [9.17, 15) is 13.2 Å². The van der Waals surface area contributed by atoms with Crippen molar-refractivity contribution in [2.24, 2.45) is 0 Å². The summed E-state index contributed by atoms with van der Waals surface area (Å²) < 4.78 is 34.7. The van der Waals surface area contributed by atoms with Crippen LogP contribution in [0.4, 0.5) is 0 Å². The molecule has 1 aliphatic heterocycles. The minimum Gasteiger partial charge on any atom is -0.379 e. The van der Waals surface area contributed by atoms with Crippen molar-refractivity contribution in [1.29, 1.82) is 0 Å². The van der Waals surface area contributed by atoms with E-state index in [-0.39, 0.29) is 17.2 Å². The highest BCUT2D eigenvalue weighted by atomic mass is 32.2. The highest BCUT2D eigenvalue weighted by molar-refractivity contribution is 7.89. The molecule has 180 valence electrons. The Kier molecular flexibility index (Phi) is 9.02. The number of rotatable bonds is 10. The molecular formula is C25H35N3O4S. The second-order valence-corrected chi connectivity index (χ2v) is 10.3. The van der Waals surface area contributed by atoms with Crippen molar-refractivity contribution in [3.63, 3.8) is 0 Å². The lowest BCUT2D eigenvalue weighted by Crippen LogP contribution is -2.48. The van der Waals surface area contributed by atoms with Gasteiger partial charge in [-0.1, -0.05) is 48.0 Å². The van der Waals surface area contributed by atoms with Gasteiger partial charge in [-0.2, -0.15) is 4.72 Å². The van der Waals surface area contributed by atoms with E-state index >= 15 is 0 Å². The number of morpholine rings is 1. The Labute approximate surface area is 197 Å². The average molecular weight is 474 g/mol. The van der Waals surface area contributed by atoms with Gasteiger partial charge in [0.25, 0.3) is 0 Å². The molecule has 8 heteroatoms. The van der Waals surface area contributed by atoms with E-state index in [0.29, 0.717) is 17.7 Å². The maximum atomic E-state index is 13.3. The van der Waals surface area contributed by atoms with E-state index in [0.717, 1.165) is 50.4 Å². The minimum atomic E-state index is -3.88. The van der Waals surface area contributed by atoms with Gasteiger partial charge >= 0.3 is 0 Å². The van der Waals surface area contributed by atoms with Crippen LogP contribution in [-0.4, -0.2) is 64.7 Å². The average Bonchev–Trinajstić information content (AvgIpc) is 2.76. The first-order valence-corrected chi connectivity index (χ1v) is 13.0. The maximum Gasteiger partial charge on any atom is 0.241 e. The predicted molar refractivity (Wildman–Crippen MR) is 130 cm³/mol. The Balaban J connectivity index is 1.70. The number of benzene rings is 2. The standard InChI is InChI=1S/C25H35N3O4S/c1-19-16-20(2)24(21(3)17-19)33(30,31)27-23(18-22-8-5-4-6-9-22)25(29)26-10-7-11-28-12-14-32-15-13-28/h4-6,8-9,16-17,23,27H,7,10-15,18H2,1-3H3,(H,26,29). The second kappa shape index (κ2) is 11.7. The zero-order valence-corrected chi connectivity index (χ0v) is 20.6. The van der Waals surface area contributed by atoms with Crippen LogP contribution in [0.2, 0.25) is 0 Å². The fraction of sp³-hybridized carbons (Fsp3) is 0.480. The smallest absolute Gasteiger partial charge is 0.241 e. The van der Waals surface area contributed by atoms with Crippen LogP contribution in [-0.2, 0) is 26.0 Å². The third kappa shape index (κ3) is 7.37. The summed E-state index contributed by atoms with van der Waals surface area (Å²) in [5, 5.41) is 2.93. The number of carbonyl (C=O) groups is 1. The molecule has 0 aliphatic carbocycles. The first kappa shape index (κ1) is 25.4. The van der Waals surface area contributed by atoms with Crippen molar-refractivity contribution in [2.75, 3.05) is 39.4 Å². The first-order chi connectivity index (χ1) is 15.8. The summed E-state index contributed by atoms with van der Waals surface area (Å²) in [4.78, 5) is 15.6. The lowest BCUT2D eigenvalue weighted by atomic mass is 10.1. The molecule has 3 rings (SSSR count). The van der Waals surface area contributed by atoms with E-state index in [1.165, 1.54) is 0 Å². The molecule has 1 unspecified atom stereocenters. The molecule has 1 aliphatic rings. The Morgan fingerprint density at radius 3 is 2.33 bits per heavy atom. The highest BCUT2D eigenvalue weighted by Gasteiger charge is 2.28.